The summed E-state index contributed by atoms with van der Waals surface area (Å²) in [4.78, 5) is 98.0. The molecule has 2 aliphatic rings. The summed E-state index contributed by atoms with van der Waals surface area (Å²) in [5, 5.41) is 0. The van der Waals surface area contributed by atoms with Crippen molar-refractivity contribution in [3.05, 3.63) is 145 Å². The molecule has 18 heteroatoms. The summed E-state index contributed by atoms with van der Waals surface area (Å²) in [6, 6.07) is 23.2. The number of hydrogen-bond donors (Lipinski definition) is 0. The standard InChI is InChI=1S/C52H50O18/c1-3-45(53)61-29-5-7-31-63-51(59)67-39-21-13-33(14-22-39)47(55)65-37-17-9-35(10-18-37)49(57)69-43-27-25-42-41(43)26-28-44(42)70-50(58)36-11-19-38(20-12-36)66-48(56)34-15-23-40(24-16-34)68-52(60)64-32-8-6-30-62-46(54)4-2/h3-4,9-24,41-44H,1-2,5-8,25-32H2/t41-,42+,43-,44+. The molecule has 0 heterocycles. The zero-order valence-corrected chi connectivity index (χ0v) is 37.9. The maximum atomic E-state index is 13.2. The topological polar surface area (TPSA) is 229 Å². The fourth-order valence-electron chi connectivity index (χ4n) is 7.60. The summed E-state index contributed by atoms with van der Waals surface area (Å²) in [7, 11) is 0. The lowest BCUT2D eigenvalue weighted by atomic mass is 9.98. The average molecular weight is 963 g/mol. The molecule has 0 unspecified atom stereocenters. The molecule has 0 N–H and O–H groups in total. The van der Waals surface area contributed by atoms with Gasteiger partial charge in [-0.05, 0) is 148 Å². The summed E-state index contributed by atoms with van der Waals surface area (Å²) >= 11 is 0. The van der Waals surface area contributed by atoms with Gasteiger partial charge >= 0.3 is 48.1 Å². The van der Waals surface area contributed by atoms with E-state index in [2.05, 4.69) is 13.2 Å². The second kappa shape index (κ2) is 25.7. The highest BCUT2D eigenvalue weighted by Gasteiger charge is 2.48. The Morgan fingerprint density at radius 2 is 0.671 bits per heavy atom. The number of unbranched alkanes of at least 4 members (excludes halogenated alkanes) is 2. The van der Waals surface area contributed by atoms with E-state index in [1.54, 1.807) is 0 Å². The maximum Gasteiger partial charge on any atom is 0.513 e. The Balaban J connectivity index is 0.876. The smallest absolute Gasteiger partial charge is 0.463 e. The van der Waals surface area contributed by atoms with Crippen LogP contribution in [0.5, 0.6) is 23.0 Å². The molecule has 4 aromatic carbocycles. The molecule has 0 saturated heterocycles. The average Bonchev–Trinajstić information content (AvgIpc) is 3.96. The van der Waals surface area contributed by atoms with Gasteiger partial charge in [0.05, 0.1) is 48.7 Å². The van der Waals surface area contributed by atoms with Crippen molar-refractivity contribution in [3.8, 4) is 23.0 Å². The number of hydrogen-bond acceptors (Lipinski definition) is 18. The lowest BCUT2D eigenvalue weighted by molar-refractivity contribution is -0.138. The summed E-state index contributed by atoms with van der Waals surface area (Å²) in [5.41, 5.74) is 0.891. The molecule has 0 spiro atoms. The Morgan fingerprint density at radius 1 is 0.386 bits per heavy atom. The number of fused-ring (bicyclic) bond motifs is 1. The van der Waals surface area contributed by atoms with Crippen molar-refractivity contribution < 1.29 is 85.7 Å². The SMILES string of the molecule is C=CC(=O)OCCCCOC(=O)Oc1ccc(C(=O)Oc2ccc(C(=O)O[C@H]3CC[C@@H]4[C@@H]3CC[C@H]4OC(=O)c3ccc(OC(=O)c4ccc(OC(=O)OCCCCOC(=O)C=C)cc4)cc3)cc2)cc1. The molecule has 18 nitrogen and oxygen atoms in total. The predicted octanol–water partition coefficient (Wildman–Crippen LogP) is 8.75. The van der Waals surface area contributed by atoms with Gasteiger partial charge in [-0.1, -0.05) is 13.2 Å². The number of ether oxygens (including phenoxy) is 10. The van der Waals surface area contributed by atoms with Crippen molar-refractivity contribution >= 4 is 48.1 Å². The first kappa shape index (κ1) is 51.1. The van der Waals surface area contributed by atoms with Crippen molar-refractivity contribution in [2.75, 3.05) is 26.4 Å². The first-order valence-corrected chi connectivity index (χ1v) is 22.4. The van der Waals surface area contributed by atoms with Crippen LogP contribution in [0, 0.1) is 11.8 Å². The van der Waals surface area contributed by atoms with Gasteiger partial charge in [0, 0.05) is 24.0 Å². The van der Waals surface area contributed by atoms with E-state index in [1.165, 1.54) is 97.1 Å². The minimum absolute atomic E-state index is 0.00548. The van der Waals surface area contributed by atoms with E-state index >= 15 is 0 Å². The van der Waals surface area contributed by atoms with Crippen LogP contribution in [0.25, 0.3) is 0 Å². The Bertz CT molecular complexity index is 2320. The highest BCUT2D eigenvalue weighted by Crippen LogP contribution is 2.47. The van der Waals surface area contributed by atoms with E-state index in [-0.39, 0.29) is 95.7 Å². The van der Waals surface area contributed by atoms with Crippen LogP contribution in [0.1, 0.15) is 92.8 Å². The molecule has 0 aliphatic heterocycles. The monoisotopic (exact) mass is 962 g/mol. The predicted molar refractivity (Wildman–Crippen MR) is 244 cm³/mol. The van der Waals surface area contributed by atoms with Crippen LogP contribution in [0.2, 0.25) is 0 Å². The molecule has 2 aliphatic carbocycles. The van der Waals surface area contributed by atoms with Gasteiger partial charge in [-0.2, -0.15) is 0 Å². The first-order chi connectivity index (χ1) is 33.9. The van der Waals surface area contributed by atoms with Crippen molar-refractivity contribution in [3.63, 3.8) is 0 Å². The summed E-state index contributed by atoms with van der Waals surface area (Å²) in [6.45, 7) is 7.07. The van der Waals surface area contributed by atoms with Crippen LogP contribution >= 0.6 is 0 Å². The molecule has 4 atom stereocenters. The van der Waals surface area contributed by atoms with E-state index in [4.69, 9.17) is 47.4 Å². The van der Waals surface area contributed by atoms with E-state index in [1.807, 2.05) is 0 Å². The number of carbonyl (C=O) groups excluding carboxylic acids is 8. The molecule has 4 aromatic rings. The number of benzene rings is 4. The van der Waals surface area contributed by atoms with Gasteiger partial charge < -0.3 is 47.4 Å². The fraction of sp³-hybridized carbons (Fsp3) is 0.308. The highest BCUT2D eigenvalue weighted by atomic mass is 16.7. The van der Waals surface area contributed by atoms with Gasteiger partial charge in [-0.25, -0.2) is 38.4 Å². The zero-order chi connectivity index (χ0) is 49.8. The second-order valence-corrected chi connectivity index (χ2v) is 15.8. The largest absolute Gasteiger partial charge is 0.513 e. The Morgan fingerprint density at radius 3 is 0.986 bits per heavy atom. The van der Waals surface area contributed by atoms with Crippen LogP contribution in [0.4, 0.5) is 9.59 Å². The van der Waals surface area contributed by atoms with Crippen molar-refractivity contribution in [1.82, 2.24) is 0 Å². The van der Waals surface area contributed by atoms with Gasteiger partial charge in [-0.3, -0.25) is 0 Å². The van der Waals surface area contributed by atoms with E-state index in [9.17, 15) is 38.4 Å². The normalized spacial score (nSPS) is 16.5. The molecule has 70 heavy (non-hydrogen) atoms. The molecule has 6 rings (SSSR count). The van der Waals surface area contributed by atoms with Gasteiger partial charge in [-0.15, -0.1) is 0 Å². The molecule has 0 radical (unpaired) electrons. The molecule has 0 aromatic heterocycles. The Labute approximate surface area is 402 Å². The van der Waals surface area contributed by atoms with E-state index < -0.39 is 48.1 Å². The van der Waals surface area contributed by atoms with Gasteiger partial charge in [0.2, 0.25) is 0 Å². The van der Waals surface area contributed by atoms with Crippen molar-refractivity contribution in [2.45, 2.75) is 63.6 Å². The minimum Gasteiger partial charge on any atom is -0.463 e. The Kier molecular flexibility index (Phi) is 18.8. The molecule has 0 amide bonds. The molecular formula is C52H50O18. The van der Waals surface area contributed by atoms with Crippen LogP contribution in [-0.4, -0.2) is 86.8 Å². The minimum atomic E-state index is -0.931. The summed E-state index contributed by atoms with van der Waals surface area (Å²) in [6.07, 6.45) is 4.02. The lowest BCUT2D eigenvalue weighted by Crippen LogP contribution is -2.26. The zero-order valence-electron chi connectivity index (χ0n) is 37.9. The Hall–Kier alpha value is -8.28. The van der Waals surface area contributed by atoms with Crippen LogP contribution < -0.4 is 18.9 Å². The number of carbonyl (C=O) groups is 8. The van der Waals surface area contributed by atoms with Crippen LogP contribution in [0.3, 0.4) is 0 Å². The molecular weight excluding hydrogens is 913 g/mol. The van der Waals surface area contributed by atoms with Gasteiger partial charge in [0.25, 0.3) is 0 Å². The molecule has 0 bridgehead atoms. The number of rotatable bonds is 22. The third kappa shape index (κ3) is 15.4. The van der Waals surface area contributed by atoms with Gasteiger partial charge in [0.1, 0.15) is 35.2 Å². The number of esters is 6. The lowest BCUT2D eigenvalue weighted by Gasteiger charge is -2.21. The quantitative estimate of drug-likeness (QED) is 0.0179. The molecule has 2 saturated carbocycles. The summed E-state index contributed by atoms with van der Waals surface area (Å²) < 4.78 is 52.7. The third-order valence-corrected chi connectivity index (χ3v) is 11.1. The van der Waals surface area contributed by atoms with Crippen LogP contribution in [0.15, 0.2) is 122 Å². The molecule has 2 fully saturated rings. The fourth-order valence-corrected chi connectivity index (χ4v) is 7.60. The second-order valence-electron chi connectivity index (χ2n) is 15.8. The summed E-state index contributed by atoms with van der Waals surface area (Å²) in [5.74, 6) is -2.80. The van der Waals surface area contributed by atoms with Crippen molar-refractivity contribution in [1.29, 1.82) is 0 Å². The maximum absolute atomic E-state index is 13.2. The third-order valence-electron chi connectivity index (χ3n) is 11.1. The van der Waals surface area contributed by atoms with E-state index in [0.717, 1.165) is 12.2 Å². The van der Waals surface area contributed by atoms with Crippen LogP contribution in [-0.2, 0) is 38.0 Å². The van der Waals surface area contributed by atoms with E-state index in [0.29, 0.717) is 51.4 Å². The first-order valence-electron chi connectivity index (χ1n) is 22.4. The van der Waals surface area contributed by atoms with Gasteiger partial charge in [0.15, 0.2) is 0 Å². The molecule has 366 valence electrons. The van der Waals surface area contributed by atoms with Crippen molar-refractivity contribution in [2.24, 2.45) is 11.8 Å². The highest BCUT2D eigenvalue weighted by molar-refractivity contribution is 5.93.